The van der Waals surface area contributed by atoms with Gasteiger partial charge in [0.05, 0.1) is 0 Å². The number of nitrogens with one attached hydrogen (secondary N) is 2. The molecule has 164 valence electrons. The molecule has 8 heteroatoms. The van der Waals surface area contributed by atoms with E-state index in [1.54, 1.807) is 12.1 Å². The number of amides is 3. The third kappa shape index (κ3) is 6.10. The number of nitrogens with zero attached hydrogens (tertiary/aromatic N) is 3. The third-order valence-corrected chi connectivity index (χ3v) is 5.22. The maximum absolute atomic E-state index is 12.8. The monoisotopic (exact) mass is 423 g/mol. The molecule has 2 N–H and O–H groups in total. The smallest absolute Gasteiger partial charge is 0.273 e. The maximum atomic E-state index is 12.8. The SMILES string of the molecule is Cc1ccc(C(=O)Nc2nccnc2C(=O)NC2CCN(C(=O)CC(C)C)CC2)cc1. The van der Waals surface area contributed by atoms with E-state index in [9.17, 15) is 14.4 Å². The standard InChI is InChI=1S/C23H29N5O3/c1-15(2)14-19(29)28-12-8-18(9-13-28)26-23(31)20-21(25-11-10-24-20)27-22(30)17-6-4-16(3)5-7-17/h4-7,10-11,15,18H,8-9,12-14H2,1-3H3,(H,26,31)(H,25,27,30). The number of anilines is 1. The summed E-state index contributed by atoms with van der Waals surface area (Å²) < 4.78 is 0. The van der Waals surface area contributed by atoms with Crippen molar-refractivity contribution in [2.75, 3.05) is 18.4 Å². The van der Waals surface area contributed by atoms with Crippen molar-refractivity contribution in [1.82, 2.24) is 20.2 Å². The Morgan fingerprint density at radius 2 is 1.68 bits per heavy atom. The van der Waals surface area contributed by atoms with Crippen LogP contribution in [0.5, 0.6) is 0 Å². The van der Waals surface area contributed by atoms with Gasteiger partial charge >= 0.3 is 0 Å². The largest absolute Gasteiger partial charge is 0.348 e. The Balaban J connectivity index is 1.60. The normalized spacial score (nSPS) is 14.4. The molecule has 2 heterocycles. The fourth-order valence-electron chi connectivity index (χ4n) is 3.49. The number of piperidine rings is 1. The molecule has 1 aliphatic heterocycles. The van der Waals surface area contributed by atoms with E-state index < -0.39 is 0 Å². The number of carbonyl (C=O) groups is 3. The van der Waals surface area contributed by atoms with Crippen molar-refractivity contribution in [2.24, 2.45) is 5.92 Å². The second-order valence-corrected chi connectivity index (χ2v) is 8.30. The van der Waals surface area contributed by atoms with Crippen molar-refractivity contribution in [1.29, 1.82) is 0 Å². The molecule has 0 spiro atoms. The summed E-state index contributed by atoms with van der Waals surface area (Å²) in [4.78, 5) is 47.7. The van der Waals surface area contributed by atoms with Crippen LogP contribution in [0.4, 0.5) is 5.82 Å². The maximum Gasteiger partial charge on any atom is 0.273 e. The van der Waals surface area contributed by atoms with Crippen molar-refractivity contribution < 1.29 is 14.4 Å². The fourth-order valence-corrected chi connectivity index (χ4v) is 3.49. The first-order valence-corrected chi connectivity index (χ1v) is 10.6. The van der Waals surface area contributed by atoms with Crippen molar-refractivity contribution in [3.05, 3.63) is 53.5 Å². The Hall–Kier alpha value is -3.29. The second kappa shape index (κ2) is 10.1. The molecule has 3 rings (SSSR count). The van der Waals surface area contributed by atoms with Gasteiger partial charge in [0, 0.05) is 43.5 Å². The van der Waals surface area contributed by atoms with Crippen LogP contribution in [-0.2, 0) is 4.79 Å². The topological polar surface area (TPSA) is 104 Å². The summed E-state index contributed by atoms with van der Waals surface area (Å²) in [6, 6.07) is 7.07. The lowest BCUT2D eigenvalue weighted by Gasteiger charge is -2.32. The van der Waals surface area contributed by atoms with E-state index in [0.29, 0.717) is 43.8 Å². The van der Waals surface area contributed by atoms with Gasteiger partial charge in [-0.05, 0) is 37.8 Å². The quantitative estimate of drug-likeness (QED) is 0.743. The van der Waals surface area contributed by atoms with Gasteiger partial charge in [-0.2, -0.15) is 0 Å². The zero-order valence-corrected chi connectivity index (χ0v) is 18.2. The number of likely N-dealkylation sites (tertiary alicyclic amines) is 1. The van der Waals surface area contributed by atoms with Crippen LogP contribution in [0.25, 0.3) is 0 Å². The number of aryl methyl sites for hydroxylation is 1. The average Bonchev–Trinajstić information content (AvgIpc) is 2.74. The summed E-state index contributed by atoms with van der Waals surface area (Å²) in [5.74, 6) is -0.133. The number of hydrogen-bond acceptors (Lipinski definition) is 5. The molecule has 2 aromatic rings. The lowest BCUT2D eigenvalue weighted by atomic mass is 10.0. The molecule has 0 atom stereocenters. The lowest BCUT2D eigenvalue weighted by Crippen LogP contribution is -2.47. The highest BCUT2D eigenvalue weighted by Crippen LogP contribution is 2.16. The van der Waals surface area contributed by atoms with Gasteiger partial charge in [0.25, 0.3) is 11.8 Å². The van der Waals surface area contributed by atoms with Crippen molar-refractivity contribution >= 4 is 23.5 Å². The van der Waals surface area contributed by atoms with E-state index in [1.807, 2.05) is 37.8 Å². The van der Waals surface area contributed by atoms with Gasteiger partial charge in [0.15, 0.2) is 11.5 Å². The molecule has 1 aliphatic rings. The first-order valence-electron chi connectivity index (χ1n) is 10.6. The highest BCUT2D eigenvalue weighted by atomic mass is 16.2. The van der Waals surface area contributed by atoms with Crippen molar-refractivity contribution in [3.63, 3.8) is 0 Å². The summed E-state index contributed by atoms with van der Waals surface area (Å²) >= 11 is 0. The van der Waals surface area contributed by atoms with E-state index >= 15 is 0 Å². The molecule has 1 fully saturated rings. The first kappa shape index (κ1) is 22.4. The van der Waals surface area contributed by atoms with Crippen LogP contribution >= 0.6 is 0 Å². The number of benzene rings is 1. The molecule has 1 aromatic heterocycles. The molecule has 8 nitrogen and oxygen atoms in total. The van der Waals surface area contributed by atoms with Crippen LogP contribution in [0.15, 0.2) is 36.7 Å². The molecule has 0 unspecified atom stereocenters. The lowest BCUT2D eigenvalue weighted by molar-refractivity contribution is -0.133. The van der Waals surface area contributed by atoms with Gasteiger partial charge in [0.2, 0.25) is 5.91 Å². The van der Waals surface area contributed by atoms with Gasteiger partial charge < -0.3 is 15.5 Å². The predicted molar refractivity (Wildman–Crippen MR) is 118 cm³/mol. The Morgan fingerprint density at radius 1 is 1.03 bits per heavy atom. The number of aromatic nitrogens is 2. The Bertz CT molecular complexity index is 934. The molecular weight excluding hydrogens is 394 g/mol. The predicted octanol–water partition coefficient (Wildman–Crippen LogP) is 2.80. The molecule has 1 saturated heterocycles. The van der Waals surface area contributed by atoms with E-state index in [-0.39, 0.29) is 35.3 Å². The number of carbonyl (C=O) groups excluding carboxylic acids is 3. The van der Waals surface area contributed by atoms with Gasteiger partial charge in [-0.25, -0.2) is 9.97 Å². The molecular formula is C23H29N5O3. The number of rotatable bonds is 6. The van der Waals surface area contributed by atoms with Crippen LogP contribution in [0, 0.1) is 12.8 Å². The summed E-state index contributed by atoms with van der Waals surface area (Å²) in [7, 11) is 0. The third-order valence-electron chi connectivity index (χ3n) is 5.22. The summed E-state index contributed by atoms with van der Waals surface area (Å²) in [6.45, 7) is 7.24. The zero-order chi connectivity index (χ0) is 22.4. The minimum absolute atomic E-state index is 0.0572. The van der Waals surface area contributed by atoms with Gasteiger partial charge in [-0.15, -0.1) is 0 Å². The Morgan fingerprint density at radius 3 is 2.32 bits per heavy atom. The van der Waals surface area contributed by atoms with Crippen LogP contribution in [0.1, 0.15) is 59.5 Å². The Labute approximate surface area is 182 Å². The fraction of sp³-hybridized carbons (Fsp3) is 0.435. The molecule has 3 amide bonds. The highest BCUT2D eigenvalue weighted by molar-refractivity contribution is 6.07. The van der Waals surface area contributed by atoms with Crippen LogP contribution < -0.4 is 10.6 Å². The molecule has 1 aromatic carbocycles. The van der Waals surface area contributed by atoms with Crippen LogP contribution in [-0.4, -0.2) is 51.7 Å². The number of hydrogen-bond donors (Lipinski definition) is 2. The van der Waals surface area contributed by atoms with Gasteiger partial charge in [0.1, 0.15) is 0 Å². The van der Waals surface area contributed by atoms with Crippen LogP contribution in [0.2, 0.25) is 0 Å². The molecule has 31 heavy (non-hydrogen) atoms. The summed E-state index contributed by atoms with van der Waals surface area (Å²) in [6.07, 6.45) is 4.76. The van der Waals surface area contributed by atoms with E-state index in [4.69, 9.17) is 0 Å². The second-order valence-electron chi connectivity index (χ2n) is 8.30. The van der Waals surface area contributed by atoms with E-state index in [0.717, 1.165) is 5.56 Å². The Kier molecular flexibility index (Phi) is 7.33. The van der Waals surface area contributed by atoms with Crippen LogP contribution in [0.3, 0.4) is 0 Å². The molecule has 0 bridgehead atoms. The van der Waals surface area contributed by atoms with Gasteiger partial charge in [-0.3, -0.25) is 14.4 Å². The molecule has 0 radical (unpaired) electrons. The zero-order valence-electron chi connectivity index (χ0n) is 18.2. The highest BCUT2D eigenvalue weighted by Gasteiger charge is 2.26. The van der Waals surface area contributed by atoms with E-state index in [1.165, 1.54) is 12.4 Å². The molecule has 0 saturated carbocycles. The summed E-state index contributed by atoms with van der Waals surface area (Å²) in [5.41, 5.74) is 1.59. The van der Waals surface area contributed by atoms with E-state index in [2.05, 4.69) is 20.6 Å². The first-order chi connectivity index (χ1) is 14.8. The average molecular weight is 424 g/mol. The minimum atomic E-state index is -0.390. The minimum Gasteiger partial charge on any atom is -0.348 e. The van der Waals surface area contributed by atoms with Gasteiger partial charge in [-0.1, -0.05) is 31.5 Å². The summed E-state index contributed by atoms with van der Waals surface area (Å²) in [5, 5.41) is 5.64. The van der Waals surface area contributed by atoms with Crippen molar-refractivity contribution in [2.45, 2.75) is 46.1 Å². The molecule has 0 aliphatic carbocycles. The van der Waals surface area contributed by atoms with Crippen molar-refractivity contribution in [3.8, 4) is 0 Å².